The highest BCUT2D eigenvalue weighted by Crippen LogP contribution is 2.19. The van der Waals surface area contributed by atoms with Gasteiger partial charge in [0.2, 0.25) is 5.91 Å². The van der Waals surface area contributed by atoms with Crippen LogP contribution in [0.1, 0.15) is 20.3 Å². The van der Waals surface area contributed by atoms with E-state index in [-0.39, 0.29) is 5.69 Å². The molecule has 0 heterocycles. The SMILES string of the molecule is CC(C)C[C@@H](N)C(=O)Nc1cc(Cl)ccc1F. The number of carbonyl (C=O) groups is 1. The lowest BCUT2D eigenvalue weighted by Gasteiger charge is -2.14. The minimum atomic E-state index is -0.645. The Morgan fingerprint density at radius 2 is 2.18 bits per heavy atom. The Bertz CT molecular complexity index is 409. The predicted octanol–water partition coefficient (Wildman–Crippen LogP) is 2.79. The maximum absolute atomic E-state index is 13.3. The van der Waals surface area contributed by atoms with Gasteiger partial charge in [0.05, 0.1) is 11.7 Å². The van der Waals surface area contributed by atoms with Crippen LogP contribution in [0.25, 0.3) is 0 Å². The van der Waals surface area contributed by atoms with Crippen molar-refractivity contribution < 1.29 is 9.18 Å². The third kappa shape index (κ3) is 4.32. The number of nitrogens with one attached hydrogen (secondary N) is 1. The van der Waals surface area contributed by atoms with Crippen LogP contribution < -0.4 is 11.1 Å². The fourth-order valence-electron chi connectivity index (χ4n) is 1.43. The van der Waals surface area contributed by atoms with E-state index in [0.717, 1.165) is 0 Å². The van der Waals surface area contributed by atoms with Gasteiger partial charge in [-0.2, -0.15) is 0 Å². The molecule has 1 aromatic carbocycles. The summed E-state index contributed by atoms with van der Waals surface area (Å²) in [6.45, 7) is 3.93. The van der Waals surface area contributed by atoms with Crippen molar-refractivity contribution in [3.8, 4) is 0 Å². The number of anilines is 1. The summed E-state index contributed by atoms with van der Waals surface area (Å²) in [6, 6.07) is 3.33. The molecule has 0 fully saturated rings. The van der Waals surface area contributed by atoms with E-state index in [2.05, 4.69) is 5.32 Å². The number of carbonyl (C=O) groups excluding carboxylic acids is 1. The zero-order valence-corrected chi connectivity index (χ0v) is 10.6. The molecule has 3 nitrogen and oxygen atoms in total. The molecule has 1 aromatic rings. The van der Waals surface area contributed by atoms with Crippen LogP contribution in [0.15, 0.2) is 18.2 Å². The molecule has 0 spiro atoms. The lowest BCUT2D eigenvalue weighted by atomic mass is 10.0. The highest BCUT2D eigenvalue weighted by atomic mass is 35.5. The van der Waals surface area contributed by atoms with Gasteiger partial charge in [0.25, 0.3) is 0 Å². The van der Waals surface area contributed by atoms with Crippen LogP contribution in [-0.4, -0.2) is 11.9 Å². The Balaban J connectivity index is 2.70. The molecular formula is C12H16ClFN2O. The number of nitrogens with two attached hydrogens (primary N) is 1. The van der Waals surface area contributed by atoms with E-state index in [9.17, 15) is 9.18 Å². The summed E-state index contributed by atoms with van der Waals surface area (Å²) >= 11 is 5.71. The smallest absolute Gasteiger partial charge is 0.241 e. The van der Waals surface area contributed by atoms with Crippen LogP contribution >= 0.6 is 11.6 Å². The second-order valence-electron chi connectivity index (χ2n) is 4.35. The number of halogens is 2. The molecule has 0 saturated carbocycles. The normalized spacial score (nSPS) is 12.6. The number of hydrogen-bond donors (Lipinski definition) is 2. The molecule has 1 rings (SSSR count). The van der Waals surface area contributed by atoms with E-state index in [0.29, 0.717) is 17.4 Å². The molecule has 1 amide bonds. The zero-order chi connectivity index (χ0) is 13.0. The van der Waals surface area contributed by atoms with Crippen molar-refractivity contribution >= 4 is 23.2 Å². The molecule has 0 unspecified atom stereocenters. The molecular weight excluding hydrogens is 243 g/mol. The summed E-state index contributed by atoms with van der Waals surface area (Å²) in [7, 11) is 0. The molecule has 0 aliphatic rings. The second kappa shape index (κ2) is 5.98. The maximum atomic E-state index is 13.3. The summed E-state index contributed by atoms with van der Waals surface area (Å²) in [5.41, 5.74) is 5.74. The molecule has 0 aromatic heterocycles. The van der Waals surface area contributed by atoms with Crippen molar-refractivity contribution in [2.75, 3.05) is 5.32 Å². The lowest BCUT2D eigenvalue weighted by Crippen LogP contribution is -2.36. The predicted molar refractivity (Wildman–Crippen MR) is 67.5 cm³/mol. The molecule has 1 atom stereocenters. The van der Waals surface area contributed by atoms with Gasteiger partial charge in [0.15, 0.2) is 0 Å². The molecule has 0 bridgehead atoms. The van der Waals surface area contributed by atoms with Crippen LogP contribution in [0.5, 0.6) is 0 Å². The minimum Gasteiger partial charge on any atom is -0.322 e. The Labute approximate surface area is 105 Å². The third-order valence-electron chi connectivity index (χ3n) is 2.25. The van der Waals surface area contributed by atoms with Crippen LogP contribution in [-0.2, 0) is 4.79 Å². The van der Waals surface area contributed by atoms with Gasteiger partial charge >= 0.3 is 0 Å². The first-order valence-electron chi connectivity index (χ1n) is 5.41. The van der Waals surface area contributed by atoms with Crippen molar-refractivity contribution in [2.24, 2.45) is 11.7 Å². The Hall–Kier alpha value is -1.13. The standard InChI is InChI=1S/C12H16ClFN2O/c1-7(2)5-10(15)12(17)16-11-6-8(13)3-4-9(11)14/h3-4,6-7,10H,5,15H2,1-2H3,(H,16,17)/t10-/m1/s1. The number of hydrogen-bond acceptors (Lipinski definition) is 2. The first-order valence-corrected chi connectivity index (χ1v) is 5.79. The van der Waals surface area contributed by atoms with Crippen molar-refractivity contribution in [3.05, 3.63) is 29.0 Å². The Morgan fingerprint density at radius 3 is 2.76 bits per heavy atom. The fourth-order valence-corrected chi connectivity index (χ4v) is 1.61. The van der Waals surface area contributed by atoms with E-state index in [1.54, 1.807) is 0 Å². The van der Waals surface area contributed by atoms with Gasteiger partial charge in [0.1, 0.15) is 5.82 Å². The van der Waals surface area contributed by atoms with E-state index in [4.69, 9.17) is 17.3 Å². The Kier molecular flexibility index (Phi) is 4.90. The number of amides is 1. The van der Waals surface area contributed by atoms with Crippen LogP contribution in [0, 0.1) is 11.7 Å². The lowest BCUT2D eigenvalue weighted by molar-refractivity contribution is -0.117. The van der Waals surface area contributed by atoms with E-state index in [1.165, 1.54) is 18.2 Å². The van der Waals surface area contributed by atoms with Crippen molar-refractivity contribution in [3.63, 3.8) is 0 Å². The molecule has 17 heavy (non-hydrogen) atoms. The molecule has 5 heteroatoms. The van der Waals surface area contributed by atoms with Gasteiger partial charge in [-0.25, -0.2) is 4.39 Å². The van der Waals surface area contributed by atoms with Crippen molar-refractivity contribution in [1.29, 1.82) is 0 Å². The topological polar surface area (TPSA) is 55.1 Å². The quantitative estimate of drug-likeness (QED) is 0.873. The van der Waals surface area contributed by atoms with Gasteiger partial charge < -0.3 is 11.1 Å². The largest absolute Gasteiger partial charge is 0.322 e. The zero-order valence-electron chi connectivity index (χ0n) is 9.84. The monoisotopic (exact) mass is 258 g/mol. The average Bonchev–Trinajstić information content (AvgIpc) is 2.22. The fraction of sp³-hybridized carbons (Fsp3) is 0.417. The third-order valence-corrected chi connectivity index (χ3v) is 2.48. The summed E-state index contributed by atoms with van der Waals surface area (Å²) in [5, 5.41) is 2.79. The van der Waals surface area contributed by atoms with E-state index >= 15 is 0 Å². The van der Waals surface area contributed by atoms with Crippen LogP contribution in [0.2, 0.25) is 5.02 Å². The minimum absolute atomic E-state index is 0.0571. The second-order valence-corrected chi connectivity index (χ2v) is 4.79. The van der Waals surface area contributed by atoms with Gasteiger partial charge in [-0.05, 0) is 30.5 Å². The number of benzene rings is 1. The highest BCUT2D eigenvalue weighted by molar-refractivity contribution is 6.30. The summed E-state index contributed by atoms with van der Waals surface area (Å²) in [4.78, 5) is 11.7. The van der Waals surface area contributed by atoms with Crippen molar-refractivity contribution in [2.45, 2.75) is 26.3 Å². The summed E-state index contributed by atoms with van der Waals surface area (Å²) in [5.74, 6) is -0.626. The van der Waals surface area contributed by atoms with E-state index in [1.807, 2.05) is 13.8 Å². The molecule has 3 N–H and O–H groups in total. The Morgan fingerprint density at radius 1 is 1.53 bits per heavy atom. The summed E-state index contributed by atoms with van der Waals surface area (Å²) < 4.78 is 13.3. The van der Waals surface area contributed by atoms with Gasteiger partial charge in [-0.1, -0.05) is 25.4 Å². The van der Waals surface area contributed by atoms with Gasteiger partial charge in [0, 0.05) is 5.02 Å². The molecule has 0 aliphatic carbocycles. The molecule has 0 radical (unpaired) electrons. The van der Waals surface area contributed by atoms with Crippen LogP contribution in [0.4, 0.5) is 10.1 Å². The highest BCUT2D eigenvalue weighted by Gasteiger charge is 2.16. The molecule has 0 saturated heterocycles. The van der Waals surface area contributed by atoms with Crippen LogP contribution in [0.3, 0.4) is 0 Å². The van der Waals surface area contributed by atoms with E-state index < -0.39 is 17.8 Å². The van der Waals surface area contributed by atoms with Gasteiger partial charge in [-0.3, -0.25) is 4.79 Å². The van der Waals surface area contributed by atoms with Crippen molar-refractivity contribution in [1.82, 2.24) is 0 Å². The molecule has 94 valence electrons. The maximum Gasteiger partial charge on any atom is 0.241 e. The average molecular weight is 259 g/mol. The number of rotatable bonds is 4. The molecule has 0 aliphatic heterocycles. The summed E-state index contributed by atoms with van der Waals surface area (Å²) in [6.07, 6.45) is 0.550. The van der Waals surface area contributed by atoms with Gasteiger partial charge in [-0.15, -0.1) is 0 Å². The first kappa shape index (κ1) is 13.9. The first-order chi connectivity index (χ1) is 7.90.